The lowest BCUT2D eigenvalue weighted by Gasteiger charge is -2.32. The molecule has 1 saturated heterocycles. The molecule has 1 fully saturated rings. The zero-order valence-corrected chi connectivity index (χ0v) is 18.9. The molecule has 0 radical (unpaired) electrons. The molecule has 0 spiro atoms. The molecule has 1 aromatic heterocycles. The highest BCUT2D eigenvalue weighted by Gasteiger charge is 2.26. The van der Waals surface area contributed by atoms with Crippen LogP contribution in [0.5, 0.6) is 0 Å². The fourth-order valence-corrected chi connectivity index (χ4v) is 5.07. The van der Waals surface area contributed by atoms with Crippen molar-refractivity contribution in [2.24, 2.45) is 5.92 Å². The number of hydrogen-bond donors (Lipinski definition) is 2. The molecule has 1 aliphatic heterocycles. The van der Waals surface area contributed by atoms with Gasteiger partial charge in [0.15, 0.2) is 0 Å². The Hall–Kier alpha value is -3.15. The maximum atomic E-state index is 12.6. The van der Waals surface area contributed by atoms with Gasteiger partial charge in [-0.1, -0.05) is 66.7 Å². The van der Waals surface area contributed by atoms with E-state index in [1.54, 1.807) is 0 Å². The normalized spacial score (nSPS) is 16.3. The second-order valence-corrected chi connectivity index (χ2v) is 9.08. The molecule has 0 unspecified atom stereocenters. The number of rotatable bonds is 7. The summed E-state index contributed by atoms with van der Waals surface area (Å²) < 4.78 is 2.24. The summed E-state index contributed by atoms with van der Waals surface area (Å²) in [4.78, 5) is 14.9. The quantitative estimate of drug-likeness (QED) is 0.452. The number of hydrogen-bond acceptors (Lipinski definition) is 3. The van der Waals surface area contributed by atoms with Crippen LogP contribution in [0.1, 0.15) is 18.4 Å². The monoisotopic (exact) mass is 441 g/mol. The molecule has 5 rings (SSSR count). The maximum absolute atomic E-state index is 12.6. The molecule has 2 N–H and O–H groups in total. The third kappa shape index (κ3) is 4.80. The van der Waals surface area contributed by atoms with Crippen LogP contribution >= 0.6 is 0 Å². The highest BCUT2D eigenvalue weighted by atomic mass is 16.3. The Labute approximate surface area is 194 Å². The zero-order chi connectivity index (χ0) is 22.6. The smallest absolute Gasteiger partial charge is 0.223 e. The first-order valence-corrected chi connectivity index (χ1v) is 11.9. The van der Waals surface area contributed by atoms with Crippen molar-refractivity contribution in [1.29, 1.82) is 0 Å². The average Bonchev–Trinajstić information content (AvgIpc) is 3.17. The van der Waals surface area contributed by atoms with E-state index in [2.05, 4.69) is 63.3 Å². The number of carbonyl (C=O) groups is 1. The van der Waals surface area contributed by atoms with Crippen LogP contribution in [0.4, 0.5) is 0 Å². The van der Waals surface area contributed by atoms with E-state index in [-0.39, 0.29) is 11.8 Å². The molecule has 2 heterocycles. The number of para-hydroxylation sites is 2. The summed E-state index contributed by atoms with van der Waals surface area (Å²) in [6.07, 6.45) is 1.21. The molecule has 0 aliphatic carbocycles. The van der Waals surface area contributed by atoms with E-state index in [4.69, 9.17) is 0 Å². The third-order valence-corrected chi connectivity index (χ3v) is 6.81. The van der Waals surface area contributed by atoms with Crippen molar-refractivity contribution in [3.8, 4) is 0 Å². The number of benzene rings is 3. The molecule has 3 aromatic carbocycles. The van der Waals surface area contributed by atoms with Gasteiger partial charge >= 0.3 is 0 Å². The molecule has 0 saturated carbocycles. The van der Waals surface area contributed by atoms with Crippen LogP contribution in [0.3, 0.4) is 0 Å². The van der Waals surface area contributed by atoms with E-state index < -0.39 is 6.10 Å². The van der Waals surface area contributed by atoms with Gasteiger partial charge in [0.1, 0.15) is 0 Å². The number of fused-ring (bicyclic) bond motifs is 3. The maximum Gasteiger partial charge on any atom is 0.223 e. The number of aliphatic hydroxyl groups is 1. The highest BCUT2D eigenvalue weighted by Crippen LogP contribution is 2.29. The molecule has 4 aromatic rings. The van der Waals surface area contributed by atoms with Gasteiger partial charge in [0, 0.05) is 40.8 Å². The first-order chi connectivity index (χ1) is 16.2. The van der Waals surface area contributed by atoms with Gasteiger partial charge in [0.2, 0.25) is 5.91 Å². The van der Waals surface area contributed by atoms with Crippen molar-refractivity contribution in [3.63, 3.8) is 0 Å². The van der Waals surface area contributed by atoms with Gasteiger partial charge in [-0.2, -0.15) is 0 Å². The van der Waals surface area contributed by atoms with E-state index in [1.165, 1.54) is 10.8 Å². The Morgan fingerprint density at radius 2 is 1.42 bits per heavy atom. The van der Waals surface area contributed by atoms with Gasteiger partial charge in [-0.25, -0.2) is 0 Å². The molecular formula is C28H31N3O2. The summed E-state index contributed by atoms with van der Waals surface area (Å²) in [5.74, 6) is 0.198. The van der Waals surface area contributed by atoms with Gasteiger partial charge in [-0.05, 0) is 43.6 Å². The van der Waals surface area contributed by atoms with Crippen LogP contribution in [0, 0.1) is 5.92 Å². The minimum absolute atomic E-state index is 0.0550. The Morgan fingerprint density at radius 1 is 0.848 bits per heavy atom. The van der Waals surface area contributed by atoms with Crippen molar-refractivity contribution in [2.75, 3.05) is 19.6 Å². The summed E-state index contributed by atoms with van der Waals surface area (Å²) in [6.45, 7) is 3.45. The Morgan fingerprint density at radius 3 is 2.06 bits per heavy atom. The lowest BCUT2D eigenvalue weighted by atomic mass is 9.95. The molecule has 1 amide bonds. The number of aliphatic hydroxyl groups excluding tert-OH is 1. The van der Waals surface area contributed by atoms with Gasteiger partial charge in [-0.15, -0.1) is 0 Å². The van der Waals surface area contributed by atoms with E-state index in [0.29, 0.717) is 19.6 Å². The van der Waals surface area contributed by atoms with Crippen LogP contribution in [0.2, 0.25) is 0 Å². The predicted molar refractivity (Wildman–Crippen MR) is 133 cm³/mol. The van der Waals surface area contributed by atoms with Crippen molar-refractivity contribution < 1.29 is 9.90 Å². The first kappa shape index (κ1) is 21.7. The van der Waals surface area contributed by atoms with Gasteiger partial charge in [0.05, 0.1) is 12.6 Å². The third-order valence-electron chi connectivity index (χ3n) is 6.81. The van der Waals surface area contributed by atoms with E-state index >= 15 is 0 Å². The molecule has 1 aliphatic rings. The summed E-state index contributed by atoms with van der Waals surface area (Å²) in [5, 5.41) is 16.5. The lowest BCUT2D eigenvalue weighted by Crippen LogP contribution is -2.43. The first-order valence-electron chi connectivity index (χ1n) is 11.9. The predicted octanol–water partition coefficient (Wildman–Crippen LogP) is 4.18. The number of likely N-dealkylation sites (tertiary alicyclic amines) is 1. The molecule has 5 nitrogen and oxygen atoms in total. The van der Waals surface area contributed by atoms with E-state index in [0.717, 1.165) is 42.5 Å². The minimum Gasteiger partial charge on any atom is -0.390 e. The topological polar surface area (TPSA) is 57.5 Å². The van der Waals surface area contributed by atoms with Gasteiger partial charge in [-0.3, -0.25) is 4.79 Å². The number of nitrogens with zero attached hydrogens (tertiary/aromatic N) is 2. The van der Waals surface area contributed by atoms with Crippen LogP contribution in [-0.2, 0) is 17.9 Å². The fourth-order valence-electron chi connectivity index (χ4n) is 5.07. The highest BCUT2D eigenvalue weighted by molar-refractivity contribution is 6.07. The zero-order valence-electron chi connectivity index (χ0n) is 18.9. The second kappa shape index (κ2) is 9.77. The van der Waals surface area contributed by atoms with Crippen LogP contribution in [0.25, 0.3) is 21.8 Å². The Kier molecular flexibility index (Phi) is 6.42. The average molecular weight is 442 g/mol. The van der Waals surface area contributed by atoms with Crippen molar-refractivity contribution in [3.05, 3.63) is 84.4 Å². The number of piperidine rings is 1. The standard InChI is InChI=1S/C28H31N3O2/c32-23(20-31-26-12-6-4-10-24(26)25-11-5-7-13-27(25)31)19-30-16-14-22(15-17-30)28(33)29-18-21-8-2-1-3-9-21/h1-13,22-23,32H,14-20H2,(H,29,33)/t23-/m0/s1. The molecular weight excluding hydrogens is 410 g/mol. The van der Waals surface area contributed by atoms with Gasteiger partial charge < -0.3 is 19.9 Å². The van der Waals surface area contributed by atoms with E-state index in [9.17, 15) is 9.90 Å². The Balaban J connectivity index is 1.16. The molecule has 5 heteroatoms. The largest absolute Gasteiger partial charge is 0.390 e. The molecule has 1 atom stereocenters. The fraction of sp³-hybridized carbons (Fsp3) is 0.321. The van der Waals surface area contributed by atoms with Crippen LogP contribution in [-0.4, -0.2) is 46.2 Å². The van der Waals surface area contributed by atoms with Gasteiger partial charge in [0.25, 0.3) is 0 Å². The molecule has 0 bridgehead atoms. The number of amides is 1. The minimum atomic E-state index is -0.465. The molecule has 33 heavy (non-hydrogen) atoms. The summed E-state index contributed by atoms with van der Waals surface area (Å²) >= 11 is 0. The SMILES string of the molecule is O=C(NCc1ccccc1)C1CCN(C[C@H](O)Cn2c3ccccc3c3ccccc32)CC1. The molecule has 170 valence electrons. The van der Waals surface area contributed by atoms with Crippen molar-refractivity contribution in [2.45, 2.75) is 32.0 Å². The summed E-state index contributed by atoms with van der Waals surface area (Å²) in [6, 6.07) is 26.8. The Bertz CT molecular complexity index is 1170. The number of carbonyl (C=O) groups excluding carboxylic acids is 1. The van der Waals surface area contributed by atoms with E-state index in [1.807, 2.05) is 30.3 Å². The number of nitrogens with one attached hydrogen (secondary N) is 1. The number of β-amino-alcohol motifs (C(OH)–C–C–N with tert-alkyl or cyclic N) is 1. The summed E-state index contributed by atoms with van der Waals surface area (Å²) in [5.41, 5.74) is 3.44. The summed E-state index contributed by atoms with van der Waals surface area (Å²) in [7, 11) is 0. The van der Waals surface area contributed by atoms with Crippen molar-refractivity contribution in [1.82, 2.24) is 14.8 Å². The number of aromatic nitrogens is 1. The van der Waals surface area contributed by atoms with Crippen LogP contribution in [0.15, 0.2) is 78.9 Å². The van der Waals surface area contributed by atoms with Crippen molar-refractivity contribution >= 4 is 27.7 Å². The second-order valence-electron chi connectivity index (χ2n) is 9.08. The lowest BCUT2D eigenvalue weighted by molar-refractivity contribution is -0.126. The van der Waals surface area contributed by atoms with Crippen LogP contribution < -0.4 is 5.32 Å².